The summed E-state index contributed by atoms with van der Waals surface area (Å²) in [4.78, 5) is 22.1. The summed E-state index contributed by atoms with van der Waals surface area (Å²) in [6, 6.07) is 3.48. The molecular formula is C23H9F5N8S. The number of fused-ring (bicyclic) bond motifs is 6. The van der Waals surface area contributed by atoms with Gasteiger partial charge in [0, 0.05) is 40.6 Å². The molecule has 2 heterocycles. The minimum absolute atomic E-state index is 0.0147. The molecule has 0 bridgehead atoms. The SMILES string of the molecule is [C-]#[N+]/C(C#N)=c1/c2c(/c(=C(\C#N)[N+]#[C-])c3c1-c1nc(C)cnc1C3)-c1nc(S(F)(F)(F)(F)F)cnc1C2. The Morgan fingerprint density at radius 3 is 1.73 bits per heavy atom. The van der Waals surface area contributed by atoms with Crippen LogP contribution in [0.3, 0.4) is 0 Å². The van der Waals surface area contributed by atoms with Gasteiger partial charge in [-0.15, -0.1) is 0 Å². The maximum absolute atomic E-state index is 13.6. The van der Waals surface area contributed by atoms with Gasteiger partial charge in [-0.3, -0.25) is 9.97 Å². The van der Waals surface area contributed by atoms with E-state index in [1.54, 1.807) is 19.1 Å². The lowest BCUT2D eigenvalue weighted by atomic mass is 9.92. The number of aromatic nitrogens is 4. The highest BCUT2D eigenvalue weighted by Crippen LogP contribution is 3.01. The molecule has 0 saturated carbocycles. The van der Waals surface area contributed by atoms with Crippen molar-refractivity contribution in [1.29, 1.82) is 10.5 Å². The fourth-order valence-electron chi connectivity index (χ4n) is 4.61. The van der Waals surface area contributed by atoms with Gasteiger partial charge in [-0.2, -0.15) is 0 Å². The summed E-state index contributed by atoms with van der Waals surface area (Å²) in [5.74, 6) is 0. The van der Waals surface area contributed by atoms with Gasteiger partial charge in [-0.05, 0) is 18.1 Å². The Bertz CT molecular complexity index is 1890. The average Bonchev–Trinajstić information content (AvgIpc) is 3.38. The number of rotatable bonds is 1. The highest BCUT2D eigenvalue weighted by molar-refractivity contribution is 8.45. The molecule has 182 valence electrons. The van der Waals surface area contributed by atoms with E-state index in [0.29, 0.717) is 11.4 Å². The van der Waals surface area contributed by atoms with E-state index in [4.69, 9.17) is 13.1 Å². The van der Waals surface area contributed by atoms with Crippen LogP contribution < -0.4 is 10.4 Å². The summed E-state index contributed by atoms with van der Waals surface area (Å²) < 4.78 is 68.1. The lowest BCUT2D eigenvalue weighted by molar-refractivity contribution is 0.357. The maximum Gasteiger partial charge on any atom is 0.327 e. The van der Waals surface area contributed by atoms with Crippen molar-refractivity contribution in [1.82, 2.24) is 19.9 Å². The summed E-state index contributed by atoms with van der Waals surface area (Å²) in [5, 5.41) is 16.9. The molecule has 1 aromatic carbocycles. The molecule has 0 radical (unpaired) electrons. The van der Waals surface area contributed by atoms with Crippen LogP contribution in [0.4, 0.5) is 19.4 Å². The van der Waals surface area contributed by atoms with Gasteiger partial charge in [0.2, 0.25) is 5.03 Å². The van der Waals surface area contributed by atoms with E-state index in [-0.39, 0.29) is 63.1 Å². The lowest BCUT2D eigenvalue weighted by Gasteiger charge is -2.39. The molecule has 2 aliphatic carbocycles. The number of benzene rings is 1. The zero-order valence-electron chi connectivity index (χ0n) is 18.4. The van der Waals surface area contributed by atoms with Crippen molar-refractivity contribution in [3.8, 4) is 34.7 Å². The average molecular weight is 524 g/mol. The molecule has 2 aliphatic rings. The van der Waals surface area contributed by atoms with Crippen molar-refractivity contribution >= 4 is 21.6 Å². The zero-order chi connectivity index (χ0) is 27.0. The molecule has 0 fully saturated rings. The highest BCUT2D eigenvalue weighted by Gasteiger charge is 2.67. The topological polar surface area (TPSA) is 108 Å². The summed E-state index contributed by atoms with van der Waals surface area (Å²) in [6.07, 6.45) is 1.10. The van der Waals surface area contributed by atoms with E-state index in [9.17, 15) is 30.0 Å². The van der Waals surface area contributed by atoms with Crippen LogP contribution in [-0.4, -0.2) is 19.9 Å². The largest absolute Gasteiger partial charge is 0.327 e. The number of nitrogens with zero attached hydrogens (tertiary/aromatic N) is 8. The number of hydrogen-bond acceptors (Lipinski definition) is 6. The quantitative estimate of drug-likeness (QED) is 0.236. The van der Waals surface area contributed by atoms with Gasteiger partial charge in [-0.1, -0.05) is 19.4 Å². The maximum atomic E-state index is 13.6. The lowest BCUT2D eigenvalue weighted by Crippen LogP contribution is -2.26. The van der Waals surface area contributed by atoms with Crippen LogP contribution >= 0.6 is 10.2 Å². The van der Waals surface area contributed by atoms with Crippen molar-refractivity contribution in [2.75, 3.05) is 0 Å². The second kappa shape index (κ2) is 6.85. The first kappa shape index (κ1) is 23.8. The molecule has 0 saturated heterocycles. The van der Waals surface area contributed by atoms with E-state index in [1.165, 1.54) is 6.20 Å². The normalized spacial score (nSPS) is 16.3. The summed E-state index contributed by atoms with van der Waals surface area (Å²) in [6.45, 7) is 16.7. The second-order valence-corrected chi connectivity index (χ2v) is 10.6. The van der Waals surface area contributed by atoms with E-state index in [2.05, 4.69) is 29.6 Å². The first-order valence-electron chi connectivity index (χ1n) is 10.2. The van der Waals surface area contributed by atoms with E-state index in [1.807, 2.05) is 0 Å². The number of nitriles is 2. The van der Waals surface area contributed by atoms with Crippen LogP contribution in [-0.2, 0) is 12.8 Å². The van der Waals surface area contributed by atoms with Gasteiger partial charge in [0.1, 0.15) is 0 Å². The minimum atomic E-state index is -10.2. The van der Waals surface area contributed by atoms with Crippen LogP contribution in [0.15, 0.2) is 17.4 Å². The molecule has 0 amide bonds. The Labute approximate surface area is 205 Å². The fourth-order valence-corrected chi connectivity index (χ4v) is 5.12. The van der Waals surface area contributed by atoms with Gasteiger partial charge in [0.25, 0.3) is 11.4 Å². The number of halogens is 5. The molecule has 5 rings (SSSR count). The number of aryl methyl sites for hydroxylation is 1. The van der Waals surface area contributed by atoms with Crippen LogP contribution in [0, 0.1) is 42.7 Å². The summed E-state index contributed by atoms with van der Waals surface area (Å²) in [5.41, 5.74) is -0.205. The molecule has 0 spiro atoms. The molecule has 3 aromatic rings. The van der Waals surface area contributed by atoms with Crippen LogP contribution in [0.5, 0.6) is 0 Å². The summed E-state index contributed by atoms with van der Waals surface area (Å²) in [7, 11) is -10.2. The molecule has 0 unspecified atom stereocenters. The molecular weight excluding hydrogens is 515 g/mol. The van der Waals surface area contributed by atoms with Crippen LogP contribution in [0.25, 0.3) is 43.6 Å². The van der Waals surface area contributed by atoms with Gasteiger partial charge < -0.3 is 0 Å². The molecule has 8 nitrogen and oxygen atoms in total. The second-order valence-electron chi connectivity index (χ2n) is 8.23. The predicted octanol–water partition coefficient (Wildman–Crippen LogP) is 4.48. The Hall–Kier alpha value is -4.92. The van der Waals surface area contributed by atoms with E-state index < -0.39 is 32.3 Å². The van der Waals surface area contributed by atoms with Gasteiger partial charge >= 0.3 is 10.2 Å². The Kier molecular flexibility index (Phi) is 4.41. The molecule has 2 aromatic heterocycles. The van der Waals surface area contributed by atoms with Crippen molar-refractivity contribution in [3.05, 3.63) is 73.9 Å². The minimum Gasteiger partial charge on any atom is -0.257 e. The van der Waals surface area contributed by atoms with Crippen molar-refractivity contribution in [2.45, 2.75) is 24.8 Å². The third-order valence-electron chi connectivity index (χ3n) is 5.97. The van der Waals surface area contributed by atoms with Crippen molar-refractivity contribution in [3.63, 3.8) is 0 Å². The van der Waals surface area contributed by atoms with Crippen molar-refractivity contribution in [2.24, 2.45) is 0 Å². The Morgan fingerprint density at radius 2 is 1.30 bits per heavy atom. The molecule has 0 aliphatic heterocycles. The summed E-state index contributed by atoms with van der Waals surface area (Å²) >= 11 is 0. The Balaban J connectivity index is 2.09. The smallest absolute Gasteiger partial charge is 0.257 e. The highest BCUT2D eigenvalue weighted by atomic mass is 32.5. The molecule has 14 heteroatoms. The van der Waals surface area contributed by atoms with Gasteiger partial charge in [-0.25, -0.2) is 30.2 Å². The Morgan fingerprint density at radius 1 is 0.838 bits per heavy atom. The molecule has 37 heavy (non-hydrogen) atoms. The third kappa shape index (κ3) is 3.47. The van der Waals surface area contributed by atoms with Crippen LogP contribution in [0.1, 0.15) is 28.2 Å². The van der Waals surface area contributed by atoms with Crippen molar-refractivity contribution < 1.29 is 19.4 Å². The first-order chi connectivity index (χ1) is 17.2. The molecule has 0 atom stereocenters. The number of hydrogen-bond donors (Lipinski definition) is 0. The van der Waals surface area contributed by atoms with Crippen LogP contribution in [0.2, 0.25) is 0 Å². The van der Waals surface area contributed by atoms with Gasteiger partial charge in [0.15, 0.2) is 0 Å². The monoisotopic (exact) mass is 524 g/mol. The first-order valence-corrected chi connectivity index (χ1v) is 12.1. The van der Waals surface area contributed by atoms with E-state index >= 15 is 0 Å². The third-order valence-corrected chi connectivity index (χ3v) is 6.96. The predicted molar refractivity (Wildman–Crippen MR) is 121 cm³/mol. The standard InChI is InChI=1S/C23H9F5N8S/c1-10-8-33-13-4-11-19(16(7-30)32-3)21-12(18(15(6-29)31-2)20(11)22(13)35-10)5-14-23(21)36-17(9-34-14)37(24,25,26,27)28/h8-9H,4-5H2,1H3/b18-15-,19-16+. The van der Waals surface area contributed by atoms with Gasteiger partial charge in [0.05, 0.1) is 59.9 Å². The fraction of sp³-hybridized carbons (Fsp3) is 0.130. The van der Waals surface area contributed by atoms with E-state index in [0.717, 1.165) is 0 Å². The molecule has 0 N–H and O–H groups in total. The zero-order valence-corrected chi connectivity index (χ0v) is 19.3.